The zero-order valence-corrected chi connectivity index (χ0v) is 15.2. The average molecular weight is 368 g/mol. The number of fused-ring (bicyclic) bond motifs is 1. The molecule has 1 aliphatic rings. The van der Waals surface area contributed by atoms with Crippen LogP contribution >= 0.6 is 0 Å². The molecule has 0 N–H and O–H groups in total. The predicted molar refractivity (Wildman–Crippen MR) is 96.2 cm³/mol. The second-order valence-corrected chi connectivity index (χ2v) is 5.99. The monoisotopic (exact) mass is 368 g/mol. The number of nitriles is 1. The Bertz CT molecular complexity index is 821. The van der Waals surface area contributed by atoms with Gasteiger partial charge < -0.3 is 23.8 Å². The Kier molecular flexibility index (Phi) is 5.91. The van der Waals surface area contributed by atoms with E-state index in [4.69, 9.17) is 18.9 Å². The Morgan fingerprint density at radius 3 is 2.00 bits per heavy atom. The van der Waals surface area contributed by atoms with Crippen LogP contribution in [0.2, 0.25) is 0 Å². The topological polar surface area (TPSA) is 81.0 Å². The summed E-state index contributed by atoms with van der Waals surface area (Å²) in [6.45, 7) is 0.892. The summed E-state index contributed by atoms with van der Waals surface area (Å²) < 4.78 is 21.0. The number of nitrogens with zero attached hydrogens (tertiary/aromatic N) is 2. The molecule has 0 radical (unpaired) electrons. The van der Waals surface area contributed by atoms with E-state index in [2.05, 4.69) is 0 Å². The maximum Gasteiger partial charge on any atom is 0.262 e. The summed E-state index contributed by atoms with van der Waals surface area (Å²) in [4.78, 5) is 15.0. The Balaban J connectivity index is 1.98. The zero-order valence-electron chi connectivity index (χ0n) is 15.2. The summed E-state index contributed by atoms with van der Waals surface area (Å²) in [6, 6.07) is 13.0. The van der Waals surface area contributed by atoms with E-state index in [1.54, 1.807) is 4.90 Å². The van der Waals surface area contributed by atoms with Gasteiger partial charge in [-0.2, -0.15) is 5.26 Å². The van der Waals surface area contributed by atoms with Crippen molar-refractivity contribution in [2.24, 2.45) is 0 Å². The van der Waals surface area contributed by atoms with Crippen LogP contribution in [0.1, 0.15) is 27.0 Å². The highest BCUT2D eigenvalue weighted by molar-refractivity contribution is 6.00. The van der Waals surface area contributed by atoms with Crippen LogP contribution in [0.3, 0.4) is 0 Å². The van der Waals surface area contributed by atoms with Crippen LogP contribution in [0.5, 0.6) is 11.5 Å². The van der Waals surface area contributed by atoms with E-state index >= 15 is 0 Å². The summed E-state index contributed by atoms with van der Waals surface area (Å²) in [6.07, 6.45) is 0. The quantitative estimate of drug-likeness (QED) is 0.699. The van der Waals surface area contributed by atoms with Gasteiger partial charge in [-0.1, -0.05) is 24.3 Å². The lowest BCUT2D eigenvalue weighted by Crippen LogP contribution is -2.27. The van der Waals surface area contributed by atoms with E-state index in [1.165, 1.54) is 26.4 Å². The van der Waals surface area contributed by atoms with Crippen LogP contribution in [0, 0.1) is 11.3 Å². The highest BCUT2D eigenvalue weighted by Gasteiger charge is 2.29. The third kappa shape index (κ3) is 4.03. The van der Waals surface area contributed by atoms with Crippen molar-refractivity contribution in [3.05, 3.63) is 58.7 Å². The molecule has 0 fully saturated rings. The molecule has 0 saturated heterocycles. The number of rotatable bonds is 7. The molecular formula is C20H20N2O5. The Morgan fingerprint density at radius 1 is 1.04 bits per heavy atom. The first-order chi connectivity index (χ1) is 13.2. The summed E-state index contributed by atoms with van der Waals surface area (Å²) in [5, 5.41) is 9.28. The van der Waals surface area contributed by atoms with Crippen molar-refractivity contribution in [1.29, 1.82) is 5.26 Å². The number of methoxy groups -OCH3 is 2. The standard InChI is InChI=1S/C20H20N2O5/c1-24-12-26-17-7-14(9-21)8-18(27-13-25-2)19(17)20(23)22-10-15-5-3-4-6-16(15)11-22/h3-8H,10-13H2,1-2H3. The largest absolute Gasteiger partial charge is 0.467 e. The van der Waals surface area contributed by atoms with Gasteiger partial charge in [-0.15, -0.1) is 0 Å². The van der Waals surface area contributed by atoms with Crippen molar-refractivity contribution in [1.82, 2.24) is 4.90 Å². The SMILES string of the molecule is COCOc1cc(C#N)cc(OCOC)c1C(=O)N1Cc2ccccc2C1. The number of hydrogen-bond acceptors (Lipinski definition) is 6. The van der Waals surface area contributed by atoms with Gasteiger partial charge in [0.2, 0.25) is 0 Å². The van der Waals surface area contributed by atoms with E-state index in [1.807, 2.05) is 30.3 Å². The van der Waals surface area contributed by atoms with Crippen molar-refractivity contribution >= 4 is 5.91 Å². The first kappa shape index (κ1) is 18.7. The minimum atomic E-state index is -0.243. The second kappa shape index (κ2) is 8.54. The van der Waals surface area contributed by atoms with Crippen molar-refractivity contribution in [2.45, 2.75) is 13.1 Å². The molecule has 0 bridgehead atoms. The van der Waals surface area contributed by atoms with Crippen LogP contribution in [0.15, 0.2) is 36.4 Å². The lowest BCUT2D eigenvalue weighted by Gasteiger charge is -2.21. The van der Waals surface area contributed by atoms with Gasteiger partial charge in [-0.3, -0.25) is 4.79 Å². The molecule has 0 saturated carbocycles. The maximum atomic E-state index is 13.3. The smallest absolute Gasteiger partial charge is 0.262 e. The normalized spacial score (nSPS) is 12.4. The number of amides is 1. The van der Waals surface area contributed by atoms with Gasteiger partial charge in [0.25, 0.3) is 5.91 Å². The van der Waals surface area contributed by atoms with Gasteiger partial charge in [0.15, 0.2) is 13.6 Å². The summed E-state index contributed by atoms with van der Waals surface area (Å²) in [7, 11) is 2.96. The van der Waals surface area contributed by atoms with Crippen molar-refractivity contribution in [3.8, 4) is 17.6 Å². The molecule has 7 heteroatoms. The van der Waals surface area contributed by atoms with Gasteiger partial charge >= 0.3 is 0 Å². The number of hydrogen-bond donors (Lipinski definition) is 0. The van der Waals surface area contributed by atoms with Crippen molar-refractivity contribution in [2.75, 3.05) is 27.8 Å². The second-order valence-electron chi connectivity index (χ2n) is 5.99. The Hall–Kier alpha value is -3.08. The van der Waals surface area contributed by atoms with E-state index in [0.717, 1.165) is 11.1 Å². The molecule has 0 aromatic heterocycles. The van der Waals surface area contributed by atoms with Crippen molar-refractivity contribution in [3.63, 3.8) is 0 Å². The number of carbonyl (C=O) groups excluding carboxylic acids is 1. The number of benzene rings is 2. The molecule has 3 rings (SSSR count). The van der Waals surface area contributed by atoms with Gasteiger partial charge in [-0.05, 0) is 23.3 Å². The predicted octanol–water partition coefficient (Wildman–Crippen LogP) is 2.68. The lowest BCUT2D eigenvalue weighted by atomic mass is 10.1. The van der Waals surface area contributed by atoms with Crippen LogP contribution in [0.4, 0.5) is 0 Å². The molecule has 1 aliphatic heterocycles. The lowest BCUT2D eigenvalue weighted by molar-refractivity contribution is 0.0426. The molecule has 1 heterocycles. The number of carbonyl (C=O) groups is 1. The van der Waals surface area contributed by atoms with E-state index in [0.29, 0.717) is 18.7 Å². The van der Waals surface area contributed by atoms with Gasteiger partial charge in [0.05, 0.1) is 11.6 Å². The summed E-state index contributed by atoms with van der Waals surface area (Å²) in [5.74, 6) is 0.235. The van der Waals surface area contributed by atoms with Crippen molar-refractivity contribution < 1.29 is 23.7 Å². The number of ether oxygens (including phenoxy) is 4. The maximum absolute atomic E-state index is 13.3. The Morgan fingerprint density at radius 2 is 1.56 bits per heavy atom. The molecule has 7 nitrogen and oxygen atoms in total. The minimum Gasteiger partial charge on any atom is -0.467 e. The summed E-state index contributed by atoms with van der Waals surface area (Å²) in [5.41, 5.74) is 2.78. The van der Waals surface area contributed by atoms with Gasteiger partial charge in [0.1, 0.15) is 17.1 Å². The van der Waals surface area contributed by atoms with Gasteiger partial charge in [0, 0.05) is 27.3 Å². The molecule has 2 aromatic carbocycles. The van der Waals surface area contributed by atoms with E-state index in [-0.39, 0.29) is 36.6 Å². The molecule has 0 atom stereocenters. The highest BCUT2D eigenvalue weighted by Crippen LogP contribution is 2.34. The molecule has 0 spiro atoms. The molecular weight excluding hydrogens is 348 g/mol. The van der Waals surface area contributed by atoms with E-state index in [9.17, 15) is 10.1 Å². The molecule has 0 unspecified atom stereocenters. The molecule has 27 heavy (non-hydrogen) atoms. The van der Waals surface area contributed by atoms with Crippen LogP contribution in [0.25, 0.3) is 0 Å². The molecule has 140 valence electrons. The average Bonchev–Trinajstić information content (AvgIpc) is 3.14. The summed E-state index contributed by atoms with van der Waals surface area (Å²) >= 11 is 0. The fraction of sp³-hybridized carbons (Fsp3) is 0.300. The first-order valence-electron chi connectivity index (χ1n) is 8.35. The third-order valence-electron chi connectivity index (χ3n) is 4.20. The van der Waals surface area contributed by atoms with Crippen LogP contribution in [-0.4, -0.2) is 38.6 Å². The zero-order chi connectivity index (χ0) is 19.2. The minimum absolute atomic E-state index is 0.0564. The molecule has 0 aliphatic carbocycles. The molecule has 1 amide bonds. The Labute approximate surface area is 157 Å². The fourth-order valence-corrected chi connectivity index (χ4v) is 2.97. The highest BCUT2D eigenvalue weighted by atomic mass is 16.7. The fourth-order valence-electron chi connectivity index (χ4n) is 2.97. The molecule has 2 aromatic rings. The van der Waals surface area contributed by atoms with Crippen LogP contribution in [-0.2, 0) is 22.6 Å². The first-order valence-corrected chi connectivity index (χ1v) is 8.35. The third-order valence-corrected chi connectivity index (χ3v) is 4.20. The van der Waals surface area contributed by atoms with Gasteiger partial charge in [-0.25, -0.2) is 0 Å². The van der Waals surface area contributed by atoms with Crippen LogP contribution < -0.4 is 9.47 Å². The van der Waals surface area contributed by atoms with E-state index < -0.39 is 0 Å².